The second-order valence-electron chi connectivity index (χ2n) is 8.15. The van der Waals surface area contributed by atoms with Crippen molar-refractivity contribution in [2.45, 2.75) is 66.0 Å². The highest BCUT2D eigenvalue weighted by Gasteiger charge is 2.59. The molecule has 20 heavy (non-hydrogen) atoms. The third kappa shape index (κ3) is 2.11. The first-order chi connectivity index (χ1) is 9.33. The number of aryl methyl sites for hydroxylation is 1. The number of benzene rings is 1. The SMILES string of the molecule is Cc1ccc(C(C)NC2C3(C)CCC(C3)C2(C)C)cc1. The number of rotatable bonds is 3. The lowest BCUT2D eigenvalue weighted by atomic mass is 9.68. The molecule has 1 N–H and O–H groups in total. The van der Waals surface area contributed by atoms with Crippen LogP contribution in [0, 0.1) is 23.7 Å². The fourth-order valence-corrected chi connectivity index (χ4v) is 4.92. The van der Waals surface area contributed by atoms with E-state index in [1.54, 1.807) is 0 Å². The largest absolute Gasteiger partial charge is 0.306 e. The van der Waals surface area contributed by atoms with Gasteiger partial charge >= 0.3 is 0 Å². The van der Waals surface area contributed by atoms with Crippen molar-refractivity contribution >= 4 is 0 Å². The molecule has 3 rings (SSSR count). The lowest BCUT2D eigenvalue weighted by molar-refractivity contribution is 0.100. The molecule has 2 saturated carbocycles. The lowest BCUT2D eigenvalue weighted by Gasteiger charge is -2.44. The van der Waals surface area contributed by atoms with Crippen LogP contribution in [0.4, 0.5) is 0 Å². The van der Waals surface area contributed by atoms with Gasteiger partial charge in [0.05, 0.1) is 0 Å². The van der Waals surface area contributed by atoms with Gasteiger partial charge in [-0.15, -0.1) is 0 Å². The number of hydrogen-bond acceptors (Lipinski definition) is 1. The van der Waals surface area contributed by atoms with Crippen LogP contribution in [0.2, 0.25) is 0 Å². The van der Waals surface area contributed by atoms with E-state index < -0.39 is 0 Å². The van der Waals surface area contributed by atoms with Crippen LogP contribution in [0.25, 0.3) is 0 Å². The predicted molar refractivity (Wildman–Crippen MR) is 85.7 cm³/mol. The fraction of sp³-hybridized carbons (Fsp3) is 0.684. The highest BCUT2D eigenvalue weighted by Crippen LogP contribution is 2.62. The molecule has 0 spiro atoms. The summed E-state index contributed by atoms with van der Waals surface area (Å²) in [5.74, 6) is 0.912. The molecule has 0 heterocycles. The Morgan fingerprint density at radius 3 is 2.35 bits per heavy atom. The van der Waals surface area contributed by atoms with Gasteiger partial charge in [0.2, 0.25) is 0 Å². The van der Waals surface area contributed by atoms with Gasteiger partial charge in [-0.25, -0.2) is 0 Å². The Bertz CT molecular complexity index is 482. The Morgan fingerprint density at radius 2 is 1.80 bits per heavy atom. The monoisotopic (exact) mass is 271 g/mol. The quantitative estimate of drug-likeness (QED) is 0.827. The second-order valence-corrected chi connectivity index (χ2v) is 8.15. The standard InChI is InChI=1S/C19H29N/c1-13-6-8-15(9-7-13)14(2)20-17-18(3,4)16-10-11-19(17,5)12-16/h6-9,14,16-17,20H,10-12H2,1-5H3. The summed E-state index contributed by atoms with van der Waals surface area (Å²) in [7, 11) is 0. The summed E-state index contributed by atoms with van der Waals surface area (Å²) < 4.78 is 0. The molecule has 4 atom stereocenters. The summed E-state index contributed by atoms with van der Waals surface area (Å²) in [5, 5.41) is 3.98. The zero-order valence-electron chi connectivity index (χ0n) is 13.7. The average Bonchev–Trinajstić information content (AvgIpc) is 2.86. The van der Waals surface area contributed by atoms with Gasteiger partial charge in [0, 0.05) is 12.1 Å². The Morgan fingerprint density at radius 1 is 1.15 bits per heavy atom. The second kappa shape index (κ2) is 4.59. The number of fused-ring (bicyclic) bond motifs is 2. The van der Waals surface area contributed by atoms with Crippen LogP contribution >= 0.6 is 0 Å². The Hall–Kier alpha value is -0.820. The topological polar surface area (TPSA) is 12.0 Å². The average molecular weight is 271 g/mol. The fourth-order valence-electron chi connectivity index (χ4n) is 4.92. The van der Waals surface area contributed by atoms with Crippen molar-refractivity contribution in [1.82, 2.24) is 5.32 Å². The summed E-state index contributed by atoms with van der Waals surface area (Å²) in [6.45, 7) is 11.9. The number of nitrogens with one attached hydrogen (secondary N) is 1. The molecule has 2 aliphatic rings. The van der Waals surface area contributed by atoms with Crippen LogP contribution in [0.3, 0.4) is 0 Å². The number of hydrogen-bond donors (Lipinski definition) is 1. The zero-order chi connectivity index (χ0) is 14.5. The molecule has 0 saturated heterocycles. The zero-order valence-corrected chi connectivity index (χ0v) is 13.7. The van der Waals surface area contributed by atoms with E-state index in [1.165, 1.54) is 30.4 Å². The molecule has 1 nitrogen and oxygen atoms in total. The maximum Gasteiger partial charge on any atom is 0.0294 e. The molecule has 0 radical (unpaired) electrons. The van der Waals surface area contributed by atoms with Crippen LogP contribution < -0.4 is 5.32 Å². The van der Waals surface area contributed by atoms with Crippen LogP contribution in [0.1, 0.15) is 64.1 Å². The smallest absolute Gasteiger partial charge is 0.0294 e. The van der Waals surface area contributed by atoms with Crippen molar-refractivity contribution in [3.05, 3.63) is 35.4 Å². The molecule has 0 aliphatic heterocycles. The van der Waals surface area contributed by atoms with E-state index in [0.717, 1.165) is 5.92 Å². The van der Waals surface area contributed by atoms with Crippen molar-refractivity contribution < 1.29 is 0 Å². The van der Waals surface area contributed by atoms with Crippen LogP contribution in [0.5, 0.6) is 0 Å². The van der Waals surface area contributed by atoms with E-state index in [4.69, 9.17) is 0 Å². The molecule has 0 amide bonds. The molecule has 2 aliphatic carbocycles. The van der Waals surface area contributed by atoms with Crippen molar-refractivity contribution in [1.29, 1.82) is 0 Å². The van der Waals surface area contributed by atoms with E-state index in [2.05, 4.69) is 64.2 Å². The van der Waals surface area contributed by atoms with Crippen LogP contribution in [-0.4, -0.2) is 6.04 Å². The molecule has 0 aromatic heterocycles. The van der Waals surface area contributed by atoms with Gasteiger partial charge in [-0.05, 0) is 55.4 Å². The van der Waals surface area contributed by atoms with Crippen molar-refractivity contribution in [3.63, 3.8) is 0 Å². The minimum Gasteiger partial charge on any atom is -0.306 e. The van der Waals surface area contributed by atoms with Gasteiger partial charge in [-0.3, -0.25) is 0 Å². The minimum atomic E-state index is 0.436. The van der Waals surface area contributed by atoms with Gasteiger partial charge in [-0.1, -0.05) is 50.6 Å². The molecule has 110 valence electrons. The molecular formula is C19H29N. The summed E-state index contributed by atoms with van der Waals surface area (Å²) >= 11 is 0. The van der Waals surface area contributed by atoms with E-state index in [1.807, 2.05) is 0 Å². The first kappa shape index (κ1) is 14.1. The van der Waals surface area contributed by atoms with Gasteiger partial charge < -0.3 is 5.32 Å². The van der Waals surface area contributed by atoms with Gasteiger partial charge in [-0.2, -0.15) is 0 Å². The highest BCUT2D eigenvalue weighted by atomic mass is 15.0. The Labute approximate surface area is 124 Å². The molecule has 1 aromatic carbocycles. The van der Waals surface area contributed by atoms with Crippen LogP contribution in [0.15, 0.2) is 24.3 Å². The van der Waals surface area contributed by atoms with E-state index in [0.29, 0.717) is 22.9 Å². The summed E-state index contributed by atoms with van der Waals surface area (Å²) in [6.07, 6.45) is 4.25. The van der Waals surface area contributed by atoms with Gasteiger partial charge in [0.25, 0.3) is 0 Å². The lowest BCUT2D eigenvalue weighted by Crippen LogP contribution is -2.50. The third-order valence-corrected chi connectivity index (χ3v) is 6.26. The van der Waals surface area contributed by atoms with Crippen molar-refractivity contribution in [3.8, 4) is 0 Å². The van der Waals surface area contributed by atoms with E-state index in [-0.39, 0.29) is 0 Å². The molecular weight excluding hydrogens is 242 g/mol. The van der Waals surface area contributed by atoms with Gasteiger partial charge in [0.1, 0.15) is 0 Å². The third-order valence-electron chi connectivity index (χ3n) is 6.26. The Kier molecular flexibility index (Phi) is 3.25. The van der Waals surface area contributed by atoms with E-state index >= 15 is 0 Å². The first-order valence-corrected chi connectivity index (χ1v) is 8.15. The highest BCUT2D eigenvalue weighted by molar-refractivity contribution is 5.24. The van der Waals surface area contributed by atoms with E-state index in [9.17, 15) is 0 Å². The molecule has 1 aromatic rings. The van der Waals surface area contributed by atoms with Crippen molar-refractivity contribution in [2.75, 3.05) is 0 Å². The summed E-state index contributed by atoms with van der Waals surface area (Å²) in [6, 6.07) is 10.1. The van der Waals surface area contributed by atoms with Crippen molar-refractivity contribution in [2.24, 2.45) is 16.7 Å². The Balaban J connectivity index is 1.78. The summed E-state index contributed by atoms with van der Waals surface area (Å²) in [4.78, 5) is 0. The first-order valence-electron chi connectivity index (χ1n) is 8.15. The van der Waals surface area contributed by atoms with Crippen LogP contribution in [-0.2, 0) is 0 Å². The summed E-state index contributed by atoms with van der Waals surface area (Å²) in [5.41, 5.74) is 3.70. The molecule has 2 bridgehead atoms. The molecule has 1 heteroatoms. The minimum absolute atomic E-state index is 0.436. The molecule has 4 unspecified atom stereocenters. The molecule has 2 fully saturated rings. The predicted octanol–water partition coefficient (Wildman–Crippen LogP) is 4.86. The maximum absolute atomic E-state index is 3.98. The normalized spacial score (nSPS) is 36.2. The maximum atomic E-state index is 3.98. The van der Waals surface area contributed by atoms with Gasteiger partial charge in [0.15, 0.2) is 0 Å².